The number of carbonyl (C=O) groups is 3. The van der Waals surface area contributed by atoms with E-state index in [9.17, 15) is 14.4 Å². The van der Waals surface area contributed by atoms with Gasteiger partial charge in [-0.25, -0.2) is 4.90 Å². The van der Waals surface area contributed by atoms with Gasteiger partial charge in [0.25, 0.3) is 0 Å². The maximum absolute atomic E-state index is 13.2. The number of anilines is 2. The second-order valence-electron chi connectivity index (χ2n) is 8.13. The summed E-state index contributed by atoms with van der Waals surface area (Å²) in [7, 11) is 0. The molecule has 5 rings (SSSR count). The topological polar surface area (TPSA) is 83.7 Å². The lowest BCUT2D eigenvalue weighted by Crippen LogP contribution is -2.36. The Morgan fingerprint density at radius 2 is 1.56 bits per heavy atom. The van der Waals surface area contributed by atoms with Crippen LogP contribution in [-0.2, 0) is 9.59 Å². The zero-order chi connectivity index (χ0) is 18.7. The number of amides is 3. The molecule has 0 aromatic heterocycles. The number of fused-ring (bicyclic) bond motifs is 5. The van der Waals surface area contributed by atoms with Crippen LogP contribution in [0.3, 0.4) is 0 Å². The molecule has 0 unspecified atom stereocenters. The molecule has 2 saturated heterocycles. The Morgan fingerprint density at radius 1 is 0.926 bits per heavy atom. The second kappa shape index (κ2) is 5.94. The molecule has 2 N–H and O–H groups in total. The van der Waals surface area contributed by atoms with Gasteiger partial charge in [0, 0.05) is 18.7 Å². The van der Waals surface area contributed by atoms with Gasteiger partial charge in [0.1, 0.15) is 0 Å². The Balaban J connectivity index is 1.59. The van der Waals surface area contributed by atoms with Crippen LogP contribution in [0.1, 0.15) is 36.0 Å². The summed E-state index contributed by atoms with van der Waals surface area (Å²) in [5, 5.41) is 0. The minimum absolute atomic E-state index is 0.123. The van der Waals surface area contributed by atoms with E-state index in [1.54, 1.807) is 12.1 Å². The Bertz CT molecular complexity index is 841. The summed E-state index contributed by atoms with van der Waals surface area (Å²) in [4.78, 5) is 41.8. The lowest BCUT2D eigenvalue weighted by Gasteiger charge is -2.32. The van der Waals surface area contributed by atoms with Crippen molar-refractivity contribution >= 4 is 29.1 Å². The lowest BCUT2D eigenvalue weighted by molar-refractivity contribution is -0.123. The van der Waals surface area contributed by atoms with Crippen LogP contribution in [0.4, 0.5) is 11.4 Å². The molecule has 0 radical (unpaired) electrons. The Hall–Kier alpha value is -2.63. The molecule has 3 fully saturated rings. The Morgan fingerprint density at radius 3 is 2.15 bits per heavy atom. The summed E-state index contributed by atoms with van der Waals surface area (Å²) in [6.07, 6.45) is 8.43. The number of nitrogens with two attached hydrogens (primary N) is 1. The monoisotopic (exact) mass is 365 g/mol. The summed E-state index contributed by atoms with van der Waals surface area (Å²) in [6.45, 7) is 1.78. The predicted molar refractivity (Wildman–Crippen MR) is 101 cm³/mol. The number of allylic oxidation sites excluding steroid dienone is 2. The number of nitrogens with zero attached hydrogens (tertiary/aromatic N) is 2. The average molecular weight is 365 g/mol. The minimum atomic E-state index is -0.553. The summed E-state index contributed by atoms with van der Waals surface area (Å²) < 4.78 is 0. The maximum atomic E-state index is 13.2. The van der Waals surface area contributed by atoms with Crippen molar-refractivity contribution in [2.45, 2.75) is 25.7 Å². The summed E-state index contributed by atoms with van der Waals surface area (Å²) in [5.41, 5.74) is 7.17. The molecule has 0 spiro atoms. The average Bonchev–Trinajstić information content (AvgIpc) is 3.36. The molecule has 3 amide bonds. The molecule has 2 aliphatic heterocycles. The number of primary amides is 1. The van der Waals surface area contributed by atoms with Gasteiger partial charge in [-0.3, -0.25) is 14.4 Å². The number of hydrogen-bond acceptors (Lipinski definition) is 4. The molecule has 140 valence electrons. The Kier molecular flexibility index (Phi) is 3.64. The zero-order valence-electron chi connectivity index (χ0n) is 15.1. The first-order valence-corrected chi connectivity index (χ1v) is 9.81. The summed E-state index contributed by atoms with van der Waals surface area (Å²) in [5.74, 6) is -0.970. The predicted octanol–water partition coefficient (Wildman–Crippen LogP) is 2.09. The van der Waals surface area contributed by atoms with Crippen LogP contribution in [0.15, 0.2) is 30.4 Å². The quantitative estimate of drug-likeness (QED) is 0.657. The molecule has 27 heavy (non-hydrogen) atoms. The van der Waals surface area contributed by atoms with Crippen molar-refractivity contribution in [2.75, 3.05) is 22.9 Å². The first kappa shape index (κ1) is 16.5. The highest BCUT2D eigenvalue weighted by Crippen LogP contribution is 2.54. The largest absolute Gasteiger partial charge is 0.370 e. The van der Waals surface area contributed by atoms with E-state index in [2.05, 4.69) is 17.1 Å². The van der Waals surface area contributed by atoms with Gasteiger partial charge in [0.2, 0.25) is 17.7 Å². The van der Waals surface area contributed by atoms with Crippen molar-refractivity contribution in [3.8, 4) is 0 Å². The van der Waals surface area contributed by atoms with Gasteiger partial charge in [-0.1, -0.05) is 12.2 Å². The number of imide groups is 1. The van der Waals surface area contributed by atoms with Crippen LogP contribution >= 0.6 is 0 Å². The lowest BCUT2D eigenvalue weighted by atomic mass is 9.85. The minimum Gasteiger partial charge on any atom is -0.370 e. The van der Waals surface area contributed by atoms with E-state index < -0.39 is 5.91 Å². The van der Waals surface area contributed by atoms with Crippen molar-refractivity contribution in [3.63, 3.8) is 0 Å². The van der Waals surface area contributed by atoms with Crippen LogP contribution in [0, 0.1) is 23.7 Å². The van der Waals surface area contributed by atoms with Crippen LogP contribution < -0.4 is 15.5 Å². The number of rotatable bonds is 3. The standard InChI is InChI=1S/C21H23N3O3/c22-19(25)14-6-7-15(23-8-2-1-3-9-23)16(11-14)24-20(26)17-12-4-5-13(10-12)18(17)21(24)27/h4-7,11-13,17-18H,1-3,8-10H2,(H2,22,25)/t12-,13+,17-,18+. The van der Waals surface area contributed by atoms with Gasteiger partial charge in [-0.05, 0) is 55.7 Å². The number of piperidine rings is 1. The fraction of sp³-hybridized carbons (Fsp3) is 0.476. The molecule has 1 aromatic carbocycles. The SMILES string of the molecule is NC(=O)c1ccc(N2CCCCC2)c(N2C(=O)[C@@H]3[C@H](C2=O)[C@@H]2C=C[C@H]3C2)c1. The number of benzene rings is 1. The molecule has 1 aromatic rings. The third kappa shape index (κ3) is 2.35. The van der Waals surface area contributed by atoms with Crippen molar-refractivity contribution in [1.29, 1.82) is 0 Å². The first-order chi connectivity index (χ1) is 13.1. The van der Waals surface area contributed by atoms with Crippen LogP contribution in [0.2, 0.25) is 0 Å². The third-order valence-electron chi connectivity index (χ3n) is 6.67. The van der Waals surface area contributed by atoms with Gasteiger partial charge in [-0.2, -0.15) is 0 Å². The first-order valence-electron chi connectivity index (χ1n) is 9.81. The van der Waals surface area contributed by atoms with E-state index >= 15 is 0 Å². The van der Waals surface area contributed by atoms with Crippen LogP contribution in [0.5, 0.6) is 0 Å². The fourth-order valence-electron chi connectivity index (χ4n) is 5.40. The normalized spacial score (nSPS) is 31.7. The van der Waals surface area contributed by atoms with E-state index in [1.807, 2.05) is 6.07 Å². The second-order valence-corrected chi connectivity index (χ2v) is 8.13. The van der Waals surface area contributed by atoms with E-state index in [0.717, 1.165) is 38.0 Å². The Labute approximate surface area is 158 Å². The molecular formula is C21H23N3O3. The number of hydrogen-bond donors (Lipinski definition) is 1. The molecule has 4 atom stereocenters. The van der Waals surface area contributed by atoms with Crippen molar-refractivity contribution < 1.29 is 14.4 Å². The highest BCUT2D eigenvalue weighted by Gasteiger charge is 2.59. The molecule has 2 aliphatic carbocycles. The van der Waals surface area contributed by atoms with Gasteiger partial charge in [-0.15, -0.1) is 0 Å². The molecular weight excluding hydrogens is 342 g/mol. The van der Waals surface area contributed by atoms with Crippen molar-refractivity contribution in [2.24, 2.45) is 29.4 Å². The van der Waals surface area contributed by atoms with Gasteiger partial charge in [0.05, 0.1) is 23.2 Å². The zero-order valence-corrected chi connectivity index (χ0v) is 15.1. The molecule has 4 aliphatic rings. The maximum Gasteiger partial charge on any atom is 0.248 e. The number of carbonyl (C=O) groups excluding carboxylic acids is 3. The molecule has 6 heteroatoms. The van der Waals surface area contributed by atoms with E-state index in [1.165, 1.54) is 11.3 Å². The van der Waals surface area contributed by atoms with Crippen LogP contribution in [-0.4, -0.2) is 30.8 Å². The summed E-state index contributed by atoms with van der Waals surface area (Å²) in [6, 6.07) is 5.15. The third-order valence-corrected chi connectivity index (χ3v) is 6.67. The molecule has 2 bridgehead atoms. The highest BCUT2D eigenvalue weighted by atomic mass is 16.2. The van der Waals surface area contributed by atoms with Gasteiger partial charge in [0.15, 0.2) is 0 Å². The van der Waals surface area contributed by atoms with Crippen LogP contribution in [0.25, 0.3) is 0 Å². The van der Waals surface area contributed by atoms with E-state index in [0.29, 0.717) is 11.3 Å². The van der Waals surface area contributed by atoms with Crippen molar-refractivity contribution in [1.82, 2.24) is 0 Å². The smallest absolute Gasteiger partial charge is 0.248 e. The molecule has 1 saturated carbocycles. The fourth-order valence-corrected chi connectivity index (χ4v) is 5.40. The molecule has 2 heterocycles. The highest BCUT2D eigenvalue weighted by molar-refractivity contribution is 6.24. The van der Waals surface area contributed by atoms with Gasteiger partial charge >= 0.3 is 0 Å². The van der Waals surface area contributed by atoms with E-state index in [4.69, 9.17) is 5.73 Å². The van der Waals surface area contributed by atoms with Crippen molar-refractivity contribution in [3.05, 3.63) is 35.9 Å². The van der Waals surface area contributed by atoms with Gasteiger partial charge < -0.3 is 10.6 Å². The summed E-state index contributed by atoms with van der Waals surface area (Å²) >= 11 is 0. The molecule has 6 nitrogen and oxygen atoms in total. The van der Waals surface area contributed by atoms with E-state index in [-0.39, 0.29) is 35.5 Å².